The first kappa shape index (κ1) is 13.6. The number of hydrogen-bond donors (Lipinski definition) is 1. The molecule has 1 aromatic carbocycles. The van der Waals surface area contributed by atoms with Gasteiger partial charge in [0.05, 0.1) is 0 Å². The molecule has 0 aliphatic rings. The van der Waals surface area contributed by atoms with Crippen LogP contribution < -0.4 is 0 Å². The van der Waals surface area contributed by atoms with Gasteiger partial charge in [-0.2, -0.15) is 0 Å². The molecule has 0 saturated heterocycles. The Morgan fingerprint density at radius 2 is 2.18 bits per heavy atom. The predicted octanol–water partition coefficient (Wildman–Crippen LogP) is 1.95. The average Bonchev–Trinajstić information content (AvgIpc) is 2.29. The average molecular weight is 239 g/mol. The van der Waals surface area contributed by atoms with Gasteiger partial charge in [-0.3, -0.25) is 4.79 Å². The molecule has 94 valence electrons. The lowest BCUT2D eigenvalue weighted by Crippen LogP contribution is -2.25. The number of unbranched alkanes of at least 4 members (excludes halogenated alkanes) is 1. The van der Waals surface area contributed by atoms with E-state index >= 15 is 0 Å². The SMILES string of the molecule is CN(Cc1cccc(F)c1)C(=O)CCCCO. The summed E-state index contributed by atoms with van der Waals surface area (Å²) in [6.45, 7) is 0.524. The van der Waals surface area contributed by atoms with Crippen molar-refractivity contribution in [3.63, 3.8) is 0 Å². The Kier molecular flexibility index (Phi) is 5.63. The molecule has 4 heteroatoms. The third kappa shape index (κ3) is 4.95. The molecule has 1 amide bonds. The van der Waals surface area contributed by atoms with Crippen LogP contribution in [0.3, 0.4) is 0 Å². The quantitative estimate of drug-likeness (QED) is 0.771. The topological polar surface area (TPSA) is 40.5 Å². The largest absolute Gasteiger partial charge is 0.396 e. The molecule has 0 atom stereocenters. The lowest BCUT2D eigenvalue weighted by molar-refractivity contribution is -0.130. The summed E-state index contributed by atoms with van der Waals surface area (Å²) >= 11 is 0. The fraction of sp³-hybridized carbons (Fsp3) is 0.462. The van der Waals surface area contributed by atoms with E-state index in [-0.39, 0.29) is 18.3 Å². The molecule has 0 bridgehead atoms. The number of rotatable bonds is 6. The first-order chi connectivity index (χ1) is 8.13. The maximum atomic E-state index is 12.9. The maximum Gasteiger partial charge on any atom is 0.222 e. The zero-order valence-electron chi connectivity index (χ0n) is 10.0. The van der Waals surface area contributed by atoms with E-state index in [4.69, 9.17) is 5.11 Å². The number of benzene rings is 1. The molecule has 0 spiro atoms. The number of carbonyl (C=O) groups is 1. The normalized spacial score (nSPS) is 10.3. The van der Waals surface area contributed by atoms with Gasteiger partial charge in [0.1, 0.15) is 5.82 Å². The van der Waals surface area contributed by atoms with Crippen molar-refractivity contribution < 1.29 is 14.3 Å². The van der Waals surface area contributed by atoms with Crippen LogP contribution in [0.15, 0.2) is 24.3 Å². The smallest absolute Gasteiger partial charge is 0.222 e. The lowest BCUT2D eigenvalue weighted by atomic mass is 10.2. The summed E-state index contributed by atoms with van der Waals surface area (Å²) in [4.78, 5) is 13.2. The Morgan fingerprint density at radius 3 is 2.82 bits per heavy atom. The summed E-state index contributed by atoms with van der Waals surface area (Å²) in [6, 6.07) is 6.24. The van der Waals surface area contributed by atoms with Crippen LogP contribution in [0.2, 0.25) is 0 Å². The van der Waals surface area contributed by atoms with Crippen LogP contribution in [0.1, 0.15) is 24.8 Å². The Balaban J connectivity index is 2.43. The highest BCUT2D eigenvalue weighted by Crippen LogP contribution is 2.08. The summed E-state index contributed by atoms with van der Waals surface area (Å²) in [5.74, 6) is -0.272. The third-order valence-corrected chi connectivity index (χ3v) is 2.53. The molecule has 3 nitrogen and oxygen atoms in total. The molecule has 0 aromatic heterocycles. The van der Waals surface area contributed by atoms with E-state index in [0.717, 1.165) is 5.56 Å². The number of aliphatic hydroxyl groups excluding tert-OH is 1. The molecule has 0 unspecified atom stereocenters. The van der Waals surface area contributed by atoms with Gasteiger partial charge in [0.15, 0.2) is 0 Å². The lowest BCUT2D eigenvalue weighted by Gasteiger charge is -2.17. The minimum absolute atomic E-state index is 0.0164. The summed E-state index contributed by atoms with van der Waals surface area (Å²) < 4.78 is 12.9. The van der Waals surface area contributed by atoms with Gasteiger partial charge in [0, 0.05) is 26.6 Å². The standard InChI is InChI=1S/C13H18FNO2/c1-15(13(17)7-2-3-8-16)10-11-5-4-6-12(14)9-11/h4-6,9,16H,2-3,7-8,10H2,1H3. The zero-order valence-corrected chi connectivity index (χ0v) is 10.0. The minimum atomic E-state index is -0.288. The number of aliphatic hydroxyl groups is 1. The Hall–Kier alpha value is -1.42. The molecule has 1 N–H and O–H groups in total. The number of carbonyl (C=O) groups excluding carboxylic acids is 1. The van der Waals surface area contributed by atoms with E-state index in [9.17, 15) is 9.18 Å². The summed E-state index contributed by atoms with van der Waals surface area (Å²) in [7, 11) is 1.70. The molecule has 1 aromatic rings. The van der Waals surface area contributed by atoms with E-state index in [1.165, 1.54) is 12.1 Å². The molecule has 17 heavy (non-hydrogen) atoms. The van der Waals surface area contributed by atoms with Crippen molar-refractivity contribution in [3.05, 3.63) is 35.6 Å². The summed E-state index contributed by atoms with van der Waals surface area (Å²) in [5.41, 5.74) is 0.781. The van der Waals surface area contributed by atoms with Crippen LogP contribution in [0.25, 0.3) is 0 Å². The fourth-order valence-electron chi connectivity index (χ4n) is 1.58. The monoisotopic (exact) mass is 239 g/mol. The minimum Gasteiger partial charge on any atom is -0.396 e. The van der Waals surface area contributed by atoms with Crippen LogP contribution in [-0.2, 0) is 11.3 Å². The fourth-order valence-corrected chi connectivity index (χ4v) is 1.58. The molecule has 0 saturated carbocycles. The molecule has 0 heterocycles. The predicted molar refractivity (Wildman–Crippen MR) is 63.8 cm³/mol. The number of halogens is 1. The Bertz CT molecular complexity index is 368. The van der Waals surface area contributed by atoms with Gasteiger partial charge in [-0.1, -0.05) is 12.1 Å². The molecule has 1 rings (SSSR count). The van der Waals surface area contributed by atoms with Crippen molar-refractivity contribution in [1.29, 1.82) is 0 Å². The highest BCUT2D eigenvalue weighted by Gasteiger charge is 2.08. The molecule has 0 aliphatic carbocycles. The van der Waals surface area contributed by atoms with Crippen molar-refractivity contribution >= 4 is 5.91 Å². The highest BCUT2D eigenvalue weighted by atomic mass is 19.1. The van der Waals surface area contributed by atoms with Crippen molar-refractivity contribution in [2.45, 2.75) is 25.8 Å². The molecular formula is C13H18FNO2. The van der Waals surface area contributed by atoms with Crippen LogP contribution in [-0.4, -0.2) is 29.6 Å². The second kappa shape index (κ2) is 7.01. The Morgan fingerprint density at radius 1 is 1.41 bits per heavy atom. The summed E-state index contributed by atoms with van der Waals surface area (Å²) in [6.07, 6.45) is 1.74. The second-order valence-electron chi connectivity index (χ2n) is 4.06. The van der Waals surface area contributed by atoms with Gasteiger partial charge in [-0.15, -0.1) is 0 Å². The maximum absolute atomic E-state index is 12.9. The van der Waals surface area contributed by atoms with E-state index in [2.05, 4.69) is 0 Å². The van der Waals surface area contributed by atoms with Crippen LogP contribution in [0.5, 0.6) is 0 Å². The van der Waals surface area contributed by atoms with Crippen LogP contribution in [0.4, 0.5) is 4.39 Å². The van der Waals surface area contributed by atoms with Crippen molar-refractivity contribution in [1.82, 2.24) is 4.90 Å². The van der Waals surface area contributed by atoms with Crippen molar-refractivity contribution in [2.75, 3.05) is 13.7 Å². The summed E-state index contributed by atoms with van der Waals surface area (Å²) in [5, 5.41) is 8.62. The van der Waals surface area contributed by atoms with Gasteiger partial charge < -0.3 is 10.0 Å². The third-order valence-electron chi connectivity index (χ3n) is 2.53. The second-order valence-corrected chi connectivity index (χ2v) is 4.06. The van der Waals surface area contributed by atoms with Crippen molar-refractivity contribution in [3.8, 4) is 0 Å². The molecular weight excluding hydrogens is 221 g/mol. The van der Waals surface area contributed by atoms with Gasteiger partial charge in [0.2, 0.25) is 5.91 Å². The molecule has 0 aliphatic heterocycles. The molecule has 0 radical (unpaired) electrons. The number of nitrogens with zero attached hydrogens (tertiary/aromatic N) is 1. The first-order valence-corrected chi connectivity index (χ1v) is 5.72. The zero-order chi connectivity index (χ0) is 12.7. The van der Waals surface area contributed by atoms with Crippen molar-refractivity contribution in [2.24, 2.45) is 0 Å². The van der Waals surface area contributed by atoms with Gasteiger partial charge in [-0.05, 0) is 30.5 Å². The van der Waals surface area contributed by atoms with Gasteiger partial charge in [-0.25, -0.2) is 4.39 Å². The highest BCUT2D eigenvalue weighted by molar-refractivity contribution is 5.75. The number of hydrogen-bond acceptors (Lipinski definition) is 2. The van der Waals surface area contributed by atoms with Crippen LogP contribution >= 0.6 is 0 Å². The van der Waals surface area contributed by atoms with Gasteiger partial charge in [0.25, 0.3) is 0 Å². The Labute approximate surface area is 101 Å². The van der Waals surface area contributed by atoms with E-state index in [1.807, 2.05) is 0 Å². The van der Waals surface area contributed by atoms with E-state index in [1.54, 1.807) is 24.1 Å². The first-order valence-electron chi connectivity index (χ1n) is 5.72. The van der Waals surface area contributed by atoms with E-state index in [0.29, 0.717) is 25.8 Å². The van der Waals surface area contributed by atoms with Crippen LogP contribution in [0, 0.1) is 5.82 Å². The number of amides is 1. The van der Waals surface area contributed by atoms with E-state index < -0.39 is 0 Å². The molecule has 0 fully saturated rings. The van der Waals surface area contributed by atoms with Gasteiger partial charge >= 0.3 is 0 Å².